The molecule has 0 saturated heterocycles. The standard InChI is InChI=1S/2C2H3FO2.Cu/c2*3-1-2(4)5;/h2*1H2,(H,4,5);. The zero-order valence-electron chi connectivity index (χ0n) is 5.18. The molecule has 0 aliphatic rings. The smallest absolute Gasteiger partial charge is 0.335 e. The third-order valence-corrected chi connectivity index (χ3v) is 0.229. The average Bonchev–Trinajstić information content (AvgIpc) is 1.89. The van der Waals surface area contributed by atoms with Crippen LogP contribution in [0, 0.1) is 0 Å². The second kappa shape index (κ2) is 12.0. The summed E-state index contributed by atoms with van der Waals surface area (Å²) >= 11 is 0. The minimum absolute atomic E-state index is 0. The van der Waals surface area contributed by atoms with Crippen LogP contribution in [0.4, 0.5) is 8.78 Å². The normalized spacial score (nSPS) is 6.73. The molecule has 0 spiro atoms. The molecule has 0 unspecified atom stereocenters. The van der Waals surface area contributed by atoms with Crippen molar-refractivity contribution in [3.05, 3.63) is 0 Å². The molecule has 1 radical (unpaired) electrons. The maximum atomic E-state index is 10.5. The van der Waals surface area contributed by atoms with Gasteiger partial charge in [-0.3, -0.25) is 0 Å². The topological polar surface area (TPSA) is 74.6 Å². The van der Waals surface area contributed by atoms with Crippen LogP contribution in [0.5, 0.6) is 0 Å². The van der Waals surface area contributed by atoms with Crippen molar-refractivity contribution in [2.24, 2.45) is 0 Å². The van der Waals surface area contributed by atoms with Crippen molar-refractivity contribution in [3.63, 3.8) is 0 Å². The van der Waals surface area contributed by atoms with Crippen LogP contribution < -0.4 is 0 Å². The number of alkyl halides is 2. The molecule has 0 aromatic carbocycles. The number of hydrogen-bond acceptors (Lipinski definition) is 2. The zero-order valence-corrected chi connectivity index (χ0v) is 6.12. The predicted octanol–water partition coefficient (Wildman–Crippen LogP) is 0.0785. The maximum Gasteiger partial charge on any atom is 0.335 e. The summed E-state index contributed by atoms with van der Waals surface area (Å²) in [5.74, 6) is -2.82. The Bertz CT molecular complexity index is 105. The summed E-state index contributed by atoms with van der Waals surface area (Å²) in [6.07, 6.45) is 0. The molecule has 4 nitrogen and oxygen atoms in total. The van der Waals surface area contributed by atoms with Crippen LogP contribution in [0.25, 0.3) is 0 Å². The van der Waals surface area contributed by atoms with Gasteiger partial charge in [-0.05, 0) is 0 Å². The summed E-state index contributed by atoms with van der Waals surface area (Å²) in [5, 5.41) is 14.7. The molecular weight excluding hydrogens is 214 g/mol. The van der Waals surface area contributed by atoms with Gasteiger partial charge in [-0.15, -0.1) is 0 Å². The van der Waals surface area contributed by atoms with Gasteiger partial charge in [-0.1, -0.05) is 0 Å². The Morgan fingerprint density at radius 3 is 1.09 bits per heavy atom. The first-order valence-electron chi connectivity index (χ1n) is 2.10. The molecule has 11 heavy (non-hydrogen) atoms. The molecule has 0 fully saturated rings. The van der Waals surface area contributed by atoms with E-state index >= 15 is 0 Å². The molecule has 0 aliphatic heterocycles. The molecule has 0 heterocycles. The second-order valence-electron chi connectivity index (χ2n) is 1.05. The summed E-state index contributed by atoms with van der Waals surface area (Å²) in [5.41, 5.74) is 0. The van der Waals surface area contributed by atoms with Crippen LogP contribution in [0.1, 0.15) is 0 Å². The number of carboxylic acids is 2. The SMILES string of the molecule is O=C(O)CF.O=C(O)CF.[Cu]. The van der Waals surface area contributed by atoms with E-state index in [4.69, 9.17) is 19.8 Å². The Hall–Kier alpha value is -0.681. The van der Waals surface area contributed by atoms with Crippen molar-refractivity contribution >= 4 is 11.9 Å². The third kappa shape index (κ3) is 45.3. The first-order chi connectivity index (χ1) is 4.54. The van der Waals surface area contributed by atoms with Crippen LogP contribution in [0.3, 0.4) is 0 Å². The van der Waals surface area contributed by atoms with Gasteiger partial charge in [0.25, 0.3) is 0 Å². The number of aliphatic carboxylic acids is 2. The molecule has 0 atom stereocenters. The molecule has 0 rings (SSSR count). The van der Waals surface area contributed by atoms with E-state index in [1.165, 1.54) is 0 Å². The van der Waals surface area contributed by atoms with Crippen molar-refractivity contribution in [2.75, 3.05) is 13.3 Å². The molecule has 0 aromatic rings. The zero-order chi connectivity index (χ0) is 8.57. The van der Waals surface area contributed by atoms with E-state index in [0.717, 1.165) is 0 Å². The average molecular weight is 220 g/mol. The monoisotopic (exact) mass is 219 g/mol. The van der Waals surface area contributed by atoms with Gasteiger partial charge in [-0.25, -0.2) is 18.4 Å². The van der Waals surface area contributed by atoms with Crippen molar-refractivity contribution in [1.29, 1.82) is 0 Å². The largest absolute Gasteiger partial charge is 0.479 e. The Morgan fingerprint density at radius 1 is 1.00 bits per heavy atom. The molecule has 0 aliphatic carbocycles. The Balaban J connectivity index is -0.000000107. The van der Waals surface area contributed by atoms with E-state index in [0.29, 0.717) is 0 Å². The van der Waals surface area contributed by atoms with Gasteiger partial charge in [0.2, 0.25) is 0 Å². The fourth-order valence-electron chi connectivity index (χ4n) is 0. The van der Waals surface area contributed by atoms with Gasteiger partial charge in [-0.2, -0.15) is 0 Å². The maximum absolute atomic E-state index is 10.5. The number of rotatable bonds is 2. The summed E-state index contributed by atoms with van der Waals surface area (Å²) < 4.78 is 21.0. The number of hydrogen-bond donors (Lipinski definition) is 2. The van der Waals surface area contributed by atoms with Gasteiger partial charge >= 0.3 is 11.9 Å². The molecule has 2 N–H and O–H groups in total. The fraction of sp³-hybridized carbons (Fsp3) is 0.500. The minimum atomic E-state index is -1.41. The van der Waals surface area contributed by atoms with Gasteiger partial charge < -0.3 is 10.2 Å². The minimum Gasteiger partial charge on any atom is -0.479 e. The molecule has 7 heteroatoms. The number of halogens is 2. The predicted molar refractivity (Wildman–Crippen MR) is 27.2 cm³/mol. The van der Waals surface area contributed by atoms with Gasteiger partial charge in [0, 0.05) is 17.1 Å². The molecule has 0 aromatic heterocycles. The van der Waals surface area contributed by atoms with Crippen LogP contribution >= 0.6 is 0 Å². The summed E-state index contributed by atoms with van der Waals surface area (Å²) in [7, 11) is 0. The second-order valence-corrected chi connectivity index (χ2v) is 1.05. The Labute approximate surface area is 71.7 Å². The van der Waals surface area contributed by atoms with Gasteiger partial charge in [0.15, 0.2) is 13.3 Å². The van der Waals surface area contributed by atoms with Crippen molar-refractivity contribution in [2.45, 2.75) is 0 Å². The van der Waals surface area contributed by atoms with E-state index in [1.807, 2.05) is 0 Å². The third-order valence-electron chi connectivity index (χ3n) is 0.229. The van der Waals surface area contributed by atoms with Crippen molar-refractivity contribution in [1.82, 2.24) is 0 Å². The van der Waals surface area contributed by atoms with Crippen molar-refractivity contribution in [3.8, 4) is 0 Å². The molecule has 71 valence electrons. The van der Waals surface area contributed by atoms with Crippen LogP contribution in [-0.2, 0) is 26.7 Å². The van der Waals surface area contributed by atoms with E-state index < -0.39 is 25.3 Å². The molecule has 0 saturated carbocycles. The quantitative estimate of drug-likeness (QED) is 0.645. The summed E-state index contributed by atoms with van der Waals surface area (Å²) in [6, 6.07) is 0. The fourth-order valence-corrected chi connectivity index (χ4v) is 0. The molecule has 0 amide bonds. The molecular formula is C4H6CuF2O4. The van der Waals surface area contributed by atoms with E-state index in [2.05, 4.69) is 0 Å². The van der Waals surface area contributed by atoms with Crippen molar-refractivity contribution < 1.29 is 45.7 Å². The Kier molecular flexibility index (Phi) is 18.3. The van der Waals surface area contributed by atoms with Crippen LogP contribution in [0.15, 0.2) is 0 Å². The molecule has 0 bridgehead atoms. The number of carboxylic acid groups (broad SMARTS) is 2. The summed E-state index contributed by atoms with van der Waals surface area (Å²) in [4.78, 5) is 18.0. The summed E-state index contributed by atoms with van der Waals surface area (Å²) in [6.45, 7) is -2.56. The van der Waals surface area contributed by atoms with Crippen LogP contribution in [-0.4, -0.2) is 35.5 Å². The number of carbonyl (C=O) groups is 2. The van der Waals surface area contributed by atoms with E-state index in [9.17, 15) is 8.78 Å². The van der Waals surface area contributed by atoms with Gasteiger partial charge in [0.05, 0.1) is 0 Å². The van der Waals surface area contributed by atoms with E-state index in [1.54, 1.807) is 0 Å². The van der Waals surface area contributed by atoms with E-state index in [-0.39, 0.29) is 17.1 Å². The van der Waals surface area contributed by atoms with Gasteiger partial charge in [0.1, 0.15) is 0 Å². The van der Waals surface area contributed by atoms with Crippen LogP contribution in [0.2, 0.25) is 0 Å². The first kappa shape index (κ1) is 16.7. The Morgan fingerprint density at radius 2 is 1.09 bits per heavy atom. The first-order valence-corrected chi connectivity index (χ1v) is 2.10.